The summed E-state index contributed by atoms with van der Waals surface area (Å²) in [5, 5.41) is 2.82. The average Bonchev–Trinajstić information content (AvgIpc) is 2.60. The second-order valence-electron chi connectivity index (χ2n) is 6.48. The molecule has 0 aliphatic carbocycles. The van der Waals surface area contributed by atoms with E-state index < -0.39 is 33.7 Å². The maximum atomic E-state index is 12.8. The normalized spacial score (nSPS) is 13.1. The Morgan fingerprint density at radius 3 is 2.21 bits per heavy atom. The largest absolute Gasteiger partial charge is 0.416 e. The van der Waals surface area contributed by atoms with Crippen molar-refractivity contribution in [1.29, 1.82) is 0 Å². The van der Waals surface area contributed by atoms with Crippen molar-refractivity contribution in [2.45, 2.75) is 32.5 Å². The van der Waals surface area contributed by atoms with E-state index in [-0.39, 0.29) is 17.8 Å². The van der Waals surface area contributed by atoms with E-state index in [1.165, 1.54) is 12.1 Å². The van der Waals surface area contributed by atoms with Crippen LogP contribution in [-0.4, -0.2) is 26.6 Å². The first kappa shape index (κ1) is 23.0. The van der Waals surface area contributed by atoms with Crippen LogP contribution in [0.3, 0.4) is 0 Å². The molecule has 10 heteroatoms. The summed E-state index contributed by atoms with van der Waals surface area (Å²) in [6.07, 6.45) is -3.40. The highest BCUT2D eigenvalue weighted by molar-refractivity contribution is 7.92. The van der Waals surface area contributed by atoms with Crippen molar-refractivity contribution in [1.82, 2.24) is 0 Å². The van der Waals surface area contributed by atoms with Crippen molar-refractivity contribution in [2.24, 2.45) is 0 Å². The van der Waals surface area contributed by atoms with Gasteiger partial charge in [0.05, 0.1) is 17.5 Å². The lowest BCUT2D eigenvalue weighted by Gasteiger charge is -2.30. The van der Waals surface area contributed by atoms with Gasteiger partial charge in [-0.05, 0) is 55.3 Å². The summed E-state index contributed by atoms with van der Waals surface area (Å²) < 4.78 is 63.8. The second kappa shape index (κ2) is 8.62. The highest BCUT2D eigenvalue weighted by atomic mass is 35.5. The van der Waals surface area contributed by atoms with E-state index in [1.54, 1.807) is 19.9 Å². The number of amides is 1. The van der Waals surface area contributed by atoms with E-state index in [1.807, 2.05) is 0 Å². The summed E-state index contributed by atoms with van der Waals surface area (Å²) in [5.41, 5.74) is 0.232. The molecule has 1 atom stereocenters. The van der Waals surface area contributed by atoms with Crippen LogP contribution in [-0.2, 0) is 21.0 Å². The Morgan fingerprint density at radius 2 is 1.76 bits per heavy atom. The molecule has 5 nitrogen and oxygen atoms in total. The first-order valence-corrected chi connectivity index (χ1v) is 10.8. The molecule has 29 heavy (non-hydrogen) atoms. The van der Waals surface area contributed by atoms with Gasteiger partial charge < -0.3 is 5.32 Å². The molecule has 2 aromatic rings. The predicted molar refractivity (Wildman–Crippen MR) is 108 cm³/mol. The standard InChI is InChI=1S/C19H20ClF3N2O3S/c1-4-17(18(26)24-14-8-6-13(7-9-14)19(21,22)23)25(29(3,27)28)15-10-5-12(2)16(20)11-15/h5-11,17H,4H2,1-3H3,(H,24,26)/t17-/m0/s1. The molecule has 0 aliphatic rings. The van der Waals surface area contributed by atoms with Gasteiger partial charge in [-0.2, -0.15) is 13.2 Å². The highest BCUT2D eigenvalue weighted by Crippen LogP contribution is 2.31. The number of rotatable bonds is 6. The van der Waals surface area contributed by atoms with Crippen LogP contribution >= 0.6 is 11.6 Å². The molecule has 0 aromatic heterocycles. The third-order valence-electron chi connectivity index (χ3n) is 4.22. The maximum absolute atomic E-state index is 12.8. The van der Waals surface area contributed by atoms with Crippen LogP contribution in [0.1, 0.15) is 24.5 Å². The Kier molecular flexibility index (Phi) is 6.85. The van der Waals surface area contributed by atoms with Gasteiger partial charge in [-0.3, -0.25) is 9.10 Å². The van der Waals surface area contributed by atoms with E-state index in [2.05, 4.69) is 5.32 Å². The van der Waals surface area contributed by atoms with E-state index in [0.29, 0.717) is 5.02 Å². The number of carbonyl (C=O) groups excluding carboxylic acids is 1. The average molecular weight is 449 g/mol. The van der Waals surface area contributed by atoms with E-state index in [0.717, 1.165) is 40.4 Å². The van der Waals surface area contributed by atoms with Crippen LogP contribution in [0, 0.1) is 6.92 Å². The molecular formula is C19H20ClF3N2O3S. The van der Waals surface area contributed by atoms with Gasteiger partial charge in [-0.25, -0.2) is 8.42 Å². The molecule has 0 saturated carbocycles. The molecule has 2 rings (SSSR count). The number of anilines is 2. The van der Waals surface area contributed by atoms with Crippen molar-refractivity contribution in [3.05, 3.63) is 58.6 Å². The maximum Gasteiger partial charge on any atom is 0.416 e. The number of hydrogen-bond donors (Lipinski definition) is 1. The molecule has 0 fully saturated rings. The van der Waals surface area contributed by atoms with Crippen molar-refractivity contribution >= 4 is 38.9 Å². The molecule has 1 N–H and O–H groups in total. The molecule has 2 aromatic carbocycles. The van der Waals surface area contributed by atoms with Crippen LogP contribution in [0.25, 0.3) is 0 Å². The van der Waals surface area contributed by atoms with Gasteiger partial charge in [-0.15, -0.1) is 0 Å². The smallest absolute Gasteiger partial charge is 0.324 e. The Labute approximate surface area is 172 Å². The minimum Gasteiger partial charge on any atom is -0.324 e. The third kappa shape index (κ3) is 5.63. The first-order chi connectivity index (χ1) is 13.3. The molecule has 1 amide bonds. The Bertz CT molecular complexity index is 993. The van der Waals surface area contributed by atoms with Gasteiger partial charge >= 0.3 is 6.18 Å². The Hall–Kier alpha value is -2.26. The molecule has 0 aliphatic heterocycles. The number of nitrogens with zero attached hydrogens (tertiary/aromatic N) is 1. The van der Waals surface area contributed by atoms with Gasteiger partial charge in [-0.1, -0.05) is 24.6 Å². The van der Waals surface area contributed by atoms with Crippen molar-refractivity contribution in [3.8, 4) is 0 Å². The molecule has 0 radical (unpaired) electrons. The zero-order valence-corrected chi connectivity index (χ0v) is 17.5. The first-order valence-electron chi connectivity index (χ1n) is 8.58. The molecular weight excluding hydrogens is 429 g/mol. The highest BCUT2D eigenvalue weighted by Gasteiger charge is 2.33. The number of halogens is 4. The lowest BCUT2D eigenvalue weighted by Crippen LogP contribution is -2.47. The van der Waals surface area contributed by atoms with E-state index >= 15 is 0 Å². The van der Waals surface area contributed by atoms with Crippen molar-refractivity contribution in [3.63, 3.8) is 0 Å². The quantitative estimate of drug-likeness (QED) is 0.687. The summed E-state index contributed by atoms with van der Waals surface area (Å²) in [5.74, 6) is -0.672. The number of sulfonamides is 1. The van der Waals surface area contributed by atoms with Crippen LogP contribution in [0.2, 0.25) is 5.02 Å². The van der Waals surface area contributed by atoms with Gasteiger partial charge in [0.15, 0.2) is 0 Å². The summed E-state index contributed by atoms with van der Waals surface area (Å²) in [4.78, 5) is 12.8. The van der Waals surface area contributed by atoms with Crippen LogP contribution < -0.4 is 9.62 Å². The van der Waals surface area contributed by atoms with Crippen LogP contribution in [0.5, 0.6) is 0 Å². The number of carbonyl (C=O) groups is 1. The fourth-order valence-electron chi connectivity index (χ4n) is 2.75. The molecule has 0 spiro atoms. The molecule has 0 unspecified atom stereocenters. The predicted octanol–water partition coefficient (Wildman–Crippen LogP) is 4.85. The van der Waals surface area contributed by atoms with Crippen LogP contribution in [0.4, 0.5) is 24.5 Å². The van der Waals surface area contributed by atoms with E-state index in [9.17, 15) is 26.4 Å². The van der Waals surface area contributed by atoms with Crippen LogP contribution in [0.15, 0.2) is 42.5 Å². The van der Waals surface area contributed by atoms with Gasteiger partial charge in [0.1, 0.15) is 6.04 Å². The minimum absolute atomic E-state index is 0.122. The number of aryl methyl sites for hydroxylation is 1. The van der Waals surface area contributed by atoms with Gasteiger partial charge in [0, 0.05) is 10.7 Å². The summed E-state index contributed by atoms with van der Waals surface area (Å²) in [6, 6.07) is 7.40. The fourth-order valence-corrected chi connectivity index (χ4v) is 4.13. The number of hydrogen-bond acceptors (Lipinski definition) is 3. The van der Waals surface area contributed by atoms with Crippen molar-refractivity contribution < 1.29 is 26.4 Å². The monoisotopic (exact) mass is 448 g/mol. The minimum atomic E-state index is -4.49. The number of benzene rings is 2. The third-order valence-corrected chi connectivity index (χ3v) is 5.81. The lowest BCUT2D eigenvalue weighted by molar-refractivity contribution is -0.137. The summed E-state index contributed by atoms with van der Waals surface area (Å²) >= 11 is 6.10. The van der Waals surface area contributed by atoms with Crippen molar-refractivity contribution in [2.75, 3.05) is 15.9 Å². The van der Waals surface area contributed by atoms with E-state index in [4.69, 9.17) is 11.6 Å². The zero-order chi connectivity index (χ0) is 22.0. The number of nitrogens with one attached hydrogen (secondary N) is 1. The second-order valence-corrected chi connectivity index (χ2v) is 8.75. The Balaban J connectivity index is 2.34. The molecule has 0 heterocycles. The zero-order valence-electron chi connectivity index (χ0n) is 15.9. The SMILES string of the molecule is CC[C@@H](C(=O)Nc1ccc(C(F)(F)F)cc1)N(c1ccc(C)c(Cl)c1)S(C)(=O)=O. The van der Waals surface area contributed by atoms with Gasteiger partial charge in [0.2, 0.25) is 15.9 Å². The molecule has 0 bridgehead atoms. The summed E-state index contributed by atoms with van der Waals surface area (Å²) in [7, 11) is -3.86. The molecule has 0 saturated heterocycles. The fraction of sp³-hybridized carbons (Fsp3) is 0.316. The topological polar surface area (TPSA) is 66.5 Å². The molecule has 158 valence electrons. The van der Waals surface area contributed by atoms with Gasteiger partial charge in [0.25, 0.3) is 0 Å². The summed E-state index contributed by atoms with van der Waals surface area (Å²) in [6.45, 7) is 3.39. The Morgan fingerprint density at radius 1 is 1.17 bits per heavy atom. The number of alkyl halides is 3. The lowest BCUT2D eigenvalue weighted by atomic mass is 10.1.